The standard InChI is InChI=1S/C11H14N2O4/c12-11(16)7-1-2-8(10(15)9(7)14)13-3-5-17-6-4-13/h1-2,14-15H,3-6H2,(H2,12,16). The molecule has 1 aromatic rings. The number of anilines is 1. The number of primary amides is 1. The van der Waals surface area contributed by atoms with Gasteiger partial charge in [-0.25, -0.2) is 0 Å². The van der Waals surface area contributed by atoms with Crippen LogP contribution < -0.4 is 10.6 Å². The SMILES string of the molecule is NC(=O)c1ccc(N2CCOCC2)c(O)c1O. The van der Waals surface area contributed by atoms with Crippen molar-refractivity contribution in [2.45, 2.75) is 0 Å². The molecule has 6 heteroatoms. The van der Waals surface area contributed by atoms with Crippen LogP contribution in [0.1, 0.15) is 10.4 Å². The van der Waals surface area contributed by atoms with Gasteiger partial charge in [0, 0.05) is 13.1 Å². The summed E-state index contributed by atoms with van der Waals surface area (Å²) < 4.78 is 5.19. The Labute approximate surface area is 98.2 Å². The number of hydrogen-bond acceptors (Lipinski definition) is 5. The Balaban J connectivity index is 2.36. The maximum Gasteiger partial charge on any atom is 0.252 e. The number of carbonyl (C=O) groups excluding carboxylic acids is 1. The molecule has 92 valence electrons. The summed E-state index contributed by atoms with van der Waals surface area (Å²) >= 11 is 0. The summed E-state index contributed by atoms with van der Waals surface area (Å²) in [4.78, 5) is 12.9. The molecule has 1 saturated heterocycles. The molecular formula is C11H14N2O4. The Morgan fingerprint density at radius 2 is 1.88 bits per heavy atom. The number of hydrogen-bond donors (Lipinski definition) is 3. The molecule has 1 fully saturated rings. The highest BCUT2D eigenvalue weighted by Gasteiger charge is 2.20. The molecule has 0 spiro atoms. The third-order valence-electron chi connectivity index (χ3n) is 2.75. The normalized spacial score (nSPS) is 15.9. The van der Waals surface area contributed by atoms with E-state index < -0.39 is 11.7 Å². The number of ether oxygens (including phenoxy) is 1. The number of rotatable bonds is 2. The van der Waals surface area contributed by atoms with Crippen LogP contribution in [0.4, 0.5) is 5.69 Å². The number of carbonyl (C=O) groups is 1. The highest BCUT2D eigenvalue weighted by atomic mass is 16.5. The summed E-state index contributed by atoms with van der Waals surface area (Å²) in [5.74, 6) is -1.56. The van der Waals surface area contributed by atoms with Gasteiger partial charge in [-0.3, -0.25) is 4.79 Å². The molecule has 0 bridgehead atoms. The first kappa shape index (κ1) is 11.5. The number of benzene rings is 1. The summed E-state index contributed by atoms with van der Waals surface area (Å²) in [6.07, 6.45) is 0. The maximum atomic E-state index is 11.0. The average Bonchev–Trinajstić information content (AvgIpc) is 2.33. The lowest BCUT2D eigenvalue weighted by molar-refractivity contribution is 0.0997. The van der Waals surface area contributed by atoms with E-state index in [-0.39, 0.29) is 11.3 Å². The van der Waals surface area contributed by atoms with E-state index in [1.807, 2.05) is 4.90 Å². The van der Waals surface area contributed by atoms with Gasteiger partial charge in [-0.1, -0.05) is 0 Å². The molecule has 6 nitrogen and oxygen atoms in total. The van der Waals surface area contributed by atoms with E-state index >= 15 is 0 Å². The van der Waals surface area contributed by atoms with Gasteiger partial charge in [0.2, 0.25) is 0 Å². The number of aromatic hydroxyl groups is 2. The van der Waals surface area contributed by atoms with Crippen LogP contribution in [0.5, 0.6) is 11.5 Å². The molecule has 0 aliphatic carbocycles. The van der Waals surface area contributed by atoms with Crippen molar-refractivity contribution in [2.75, 3.05) is 31.2 Å². The van der Waals surface area contributed by atoms with Gasteiger partial charge in [0.15, 0.2) is 11.5 Å². The second-order valence-electron chi connectivity index (χ2n) is 3.79. The largest absolute Gasteiger partial charge is 0.504 e. The van der Waals surface area contributed by atoms with Crippen molar-refractivity contribution >= 4 is 11.6 Å². The molecule has 0 saturated carbocycles. The molecule has 1 heterocycles. The van der Waals surface area contributed by atoms with E-state index in [1.54, 1.807) is 6.07 Å². The Morgan fingerprint density at radius 1 is 1.24 bits per heavy atom. The lowest BCUT2D eigenvalue weighted by atomic mass is 10.1. The zero-order valence-corrected chi connectivity index (χ0v) is 9.22. The molecule has 2 rings (SSSR count). The predicted molar refractivity (Wildman–Crippen MR) is 61.3 cm³/mol. The number of amides is 1. The summed E-state index contributed by atoms with van der Waals surface area (Å²) in [6.45, 7) is 2.39. The van der Waals surface area contributed by atoms with Crippen molar-refractivity contribution in [3.05, 3.63) is 17.7 Å². The van der Waals surface area contributed by atoms with E-state index in [4.69, 9.17) is 10.5 Å². The van der Waals surface area contributed by atoms with Gasteiger partial charge in [0.25, 0.3) is 5.91 Å². The van der Waals surface area contributed by atoms with Crippen molar-refractivity contribution in [1.29, 1.82) is 0 Å². The smallest absolute Gasteiger partial charge is 0.252 e. The number of phenols is 2. The molecule has 0 unspecified atom stereocenters. The van der Waals surface area contributed by atoms with Crippen molar-refractivity contribution in [2.24, 2.45) is 5.73 Å². The van der Waals surface area contributed by atoms with E-state index in [0.717, 1.165) is 0 Å². The Morgan fingerprint density at radius 3 is 2.47 bits per heavy atom. The van der Waals surface area contributed by atoms with Gasteiger partial charge < -0.3 is 25.6 Å². The van der Waals surface area contributed by atoms with Crippen LogP contribution in [-0.2, 0) is 4.74 Å². The van der Waals surface area contributed by atoms with Crippen LogP contribution in [0.2, 0.25) is 0 Å². The summed E-state index contributed by atoms with van der Waals surface area (Å²) in [5.41, 5.74) is 5.47. The lowest BCUT2D eigenvalue weighted by Gasteiger charge is -2.29. The van der Waals surface area contributed by atoms with Crippen LogP contribution in [0, 0.1) is 0 Å². The van der Waals surface area contributed by atoms with Crippen LogP contribution in [0.3, 0.4) is 0 Å². The molecule has 1 aliphatic heterocycles. The van der Waals surface area contributed by atoms with Crippen molar-refractivity contribution in [1.82, 2.24) is 0 Å². The lowest BCUT2D eigenvalue weighted by Crippen LogP contribution is -2.36. The summed E-state index contributed by atoms with van der Waals surface area (Å²) in [6, 6.07) is 2.97. The first-order valence-corrected chi connectivity index (χ1v) is 5.28. The summed E-state index contributed by atoms with van der Waals surface area (Å²) in [5, 5.41) is 19.5. The van der Waals surface area contributed by atoms with Gasteiger partial charge in [-0.15, -0.1) is 0 Å². The van der Waals surface area contributed by atoms with Gasteiger partial charge >= 0.3 is 0 Å². The minimum Gasteiger partial charge on any atom is -0.504 e. The third-order valence-corrected chi connectivity index (χ3v) is 2.75. The highest BCUT2D eigenvalue weighted by molar-refractivity contribution is 5.97. The van der Waals surface area contributed by atoms with Gasteiger partial charge in [-0.2, -0.15) is 0 Å². The van der Waals surface area contributed by atoms with Crippen molar-refractivity contribution in [3.8, 4) is 11.5 Å². The minimum absolute atomic E-state index is 0.0838. The molecule has 4 N–H and O–H groups in total. The minimum atomic E-state index is -0.772. The Kier molecular flexibility index (Phi) is 3.06. The predicted octanol–water partition coefficient (Wildman–Crippen LogP) is 0.0333. The number of nitrogens with two attached hydrogens (primary N) is 1. The fourth-order valence-corrected chi connectivity index (χ4v) is 1.83. The first-order valence-electron chi connectivity index (χ1n) is 5.28. The van der Waals surface area contributed by atoms with Crippen molar-refractivity contribution < 1.29 is 19.7 Å². The molecular weight excluding hydrogens is 224 g/mol. The Bertz CT molecular complexity index is 441. The second kappa shape index (κ2) is 4.50. The first-order chi connectivity index (χ1) is 8.11. The van der Waals surface area contributed by atoms with E-state index in [9.17, 15) is 15.0 Å². The van der Waals surface area contributed by atoms with E-state index in [2.05, 4.69) is 0 Å². The fourth-order valence-electron chi connectivity index (χ4n) is 1.83. The highest BCUT2D eigenvalue weighted by Crippen LogP contribution is 2.38. The second-order valence-corrected chi connectivity index (χ2v) is 3.79. The topological polar surface area (TPSA) is 96.0 Å². The quantitative estimate of drug-likeness (QED) is 0.632. The zero-order valence-electron chi connectivity index (χ0n) is 9.22. The number of phenolic OH excluding ortho intramolecular Hbond substituents is 1. The van der Waals surface area contributed by atoms with Crippen LogP contribution in [0.25, 0.3) is 0 Å². The van der Waals surface area contributed by atoms with E-state index in [1.165, 1.54) is 6.07 Å². The van der Waals surface area contributed by atoms with Crippen molar-refractivity contribution in [3.63, 3.8) is 0 Å². The molecule has 0 radical (unpaired) electrons. The monoisotopic (exact) mass is 238 g/mol. The molecule has 1 aromatic carbocycles. The zero-order chi connectivity index (χ0) is 12.4. The van der Waals surface area contributed by atoms with Gasteiger partial charge in [0.05, 0.1) is 24.5 Å². The van der Waals surface area contributed by atoms with Gasteiger partial charge in [0.1, 0.15) is 0 Å². The average molecular weight is 238 g/mol. The van der Waals surface area contributed by atoms with E-state index in [0.29, 0.717) is 32.0 Å². The summed E-state index contributed by atoms with van der Waals surface area (Å²) in [7, 11) is 0. The van der Waals surface area contributed by atoms with Crippen LogP contribution >= 0.6 is 0 Å². The Hall–Kier alpha value is -1.95. The van der Waals surface area contributed by atoms with Crippen LogP contribution in [0.15, 0.2) is 12.1 Å². The fraction of sp³-hybridized carbons (Fsp3) is 0.364. The number of morpholine rings is 1. The van der Waals surface area contributed by atoms with Crippen LogP contribution in [-0.4, -0.2) is 42.4 Å². The molecule has 1 aliphatic rings. The molecule has 1 amide bonds. The molecule has 0 atom stereocenters. The maximum absolute atomic E-state index is 11.0. The molecule has 0 aromatic heterocycles. The van der Waals surface area contributed by atoms with Gasteiger partial charge in [-0.05, 0) is 12.1 Å². The number of nitrogens with zero attached hydrogens (tertiary/aromatic N) is 1. The third kappa shape index (κ3) is 2.12. The molecule has 17 heavy (non-hydrogen) atoms.